The van der Waals surface area contributed by atoms with Crippen molar-refractivity contribution in [1.29, 1.82) is 0 Å². The average Bonchev–Trinajstić information content (AvgIpc) is 2.76. The SMILES string of the molecule is O=C(O)c1ccc(CSCc2ccsc2Cl)cc1. The second-order valence-electron chi connectivity index (χ2n) is 3.71. The van der Waals surface area contributed by atoms with Gasteiger partial charge < -0.3 is 5.11 Å². The van der Waals surface area contributed by atoms with Crippen molar-refractivity contribution in [3.05, 3.63) is 56.7 Å². The summed E-state index contributed by atoms with van der Waals surface area (Å²) in [5, 5.41) is 10.8. The van der Waals surface area contributed by atoms with Crippen LogP contribution in [-0.4, -0.2) is 11.1 Å². The topological polar surface area (TPSA) is 37.3 Å². The lowest BCUT2D eigenvalue weighted by molar-refractivity contribution is 0.0697. The Bertz CT molecular complexity index is 534. The van der Waals surface area contributed by atoms with Crippen LogP contribution in [0.15, 0.2) is 35.7 Å². The van der Waals surface area contributed by atoms with Gasteiger partial charge in [-0.1, -0.05) is 23.7 Å². The van der Waals surface area contributed by atoms with Crippen molar-refractivity contribution in [1.82, 2.24) is 0 Å². The van der Waals surface area contributed by atoms with E-state index in [9.17, 15) is 4.79 Å². The fourth-order valence-corrected chi connectivity index (χ4v) is 3.53. The molecule has 1 aromatic heterocycles. The van der Waals surface area contributed by atoms with E-state index in [0.717, 1.165) is 27.0 Å². The Morgan fingerprint density at radius 2 is 1.94 bits per heavy atom. The molecule has 0 aliphatic heterocycles. The number of hydrogen-bond donors (Lipinski definition) is 1. The van der Waals surface area contributed by atoms with Gasteiger partial charge in [-0.05, 0) is 34.7 Å². The van der Waals surface area contributed by atoms with E-state index in [1.807, 2.05) is 23.6 Å². The van der Waals surface area contributed by atoms with Gasteiger partial charge in [0.2, 0.25) is 0 Å². The lowest BCUT2D eigenvalue weighted by Gasteiger charge is -2.02. The fourth-order valence-electron chi connectivity index (χ4n) is 1.44. The van der Waals surface area contributed by atoms with Gasteiger partial charge in [0, 0.05) is 11.5 Å². The molecule has 0 spiro atoms. The molecule has 0 saturated carbocycles. The monoisotopic (exact) mass is 298 g/mol. The third kappa shape index (κ3) is 3.51. The van der Waals surface area contributed by atoms with E-state index < -0.39 is 5.97 Å². The number of aromatic carboxylic acids is 1. The number of benzene rings is 1. The van der Waals surface area contributed by atoms with E-state index >= 15 is 0 Å². The molecule has 94 valence electrons. The molecule has 1 aromatic carbocycles. The third-order valence-corrected chi connectivity index (χ3v) is 4.72. The van der Waals surface area contributed by atoms with Gasteiger partial charge in [-0.3, -0.25) is 0 Å². The first-order valence-electron chi connectivity index (χ1n) is 5.28. The molecule has 1 N–H and O–H groups in total. The summed E-state index contributed by atoms with van der Waals surface area (Å²) in [6.45, 7) is 0. The lowest BCUT2D eigenvalue weighted by atomic mass is 10.1. The standard InChI is InChI=1S/C13H11ClO2S2/c14-12-11(5-6-18-12)8-17-7-9-1-3-10(4-2-9)13(15)16/h1-6H,7-8H2,(H,15,16). The van der Waals surface area contributed by atoms with Crippen molar-refractivity contribution in [3.63, 3.8) is 0 Å². The summed E-state index contributed by atoms with van der Waals surface area (Å²) in [7, 11) is 0. The number of thiophene rings is 1. The van der Waals surface area contributed by atoms with E-state index in [4.69, 9.17) is 16.7 Å². The Labute approximate surface area is 119 Å². The fraction of sp³-hybridized carbons (Fsp3) is 0.154. The maximum Gasteiger partial charge on any atom is 0.335 e. The van der Waals surface area contributed by atoms with E-state index in [0.29, 0.717) is 5.56 Å². The van der Waals surface area contributed by atoms with Crippen LogP contribution in [-0.2, 0) is 11.5 Å². The van der Waals surface area contributed by atoms with E-state index in [1.165, 1.54) is 0 Å². The Morgan fingerprint density at radius 1 is 1.22 bits per heavy atom. The molecule has 0 fully saturated rings. The van der Waals surface area contributed by atoms with E-state index in [2.05, 4.69) is 0 Å². The maximum atomic E-state index is 10.7. The van der Waals surface area contributed by atoms with Crippen LogP contribution in [0.2, 0.25) is 4.34 Å². The molecule has 5 heteroatoms. The van der Waals surface area contributed by atoms with Crippen molar-refractivity contribution in [2.75, 3.05) is 0 Å². The Morgan fingerprint density at radius 3 is 2.50 bits per heavy atom. The minimum atomic E-state index is -0.890. The number of carbonyl (C=O) groups is 1. The van der Waals surface area contributed by atoms with Gasteiger partial charge in [0.15, 0.2) is 0 Å². The number of carboxylic acid groups (broad SMARTS) is 1. The molecule has 2 nitrogen and oxygen atoms in total. The van der Waals surface area contributed by atoms with Crippen LogP contribution in [0.5, 0.6) is 0 Å². The van der Waals surface area contributed by atoms with Gasteiger partial charge in [-0.25, -0.2) is 4.79 Å². The number of hydrogen-bond acceptors (Lipinski definition) is 3. The predicted octanol–water partition coefficient (Wildman–Crippen LogP) is 4.53. The van der Waals surface area contributed by atoms with Crippen LogP contribution < -0.4 is 0 Å². The first-order valence-corrected chi connectivity index (χ1v) is 7.70. The molecule has 2 rings (SSSR count). The highest BCUT2D eigenvalue weighted by atomic mass is 35.5. The molecule has 1 heterocycles. The zero-order valence-corrected chi connectivity index (χ0v) is 11.8. The summed E-state index contributed by atoms with van der Waals surface area (Å²) in [6, 6.07) is 9.01. The van der Waals surface area contributed by atoms with Crippen molar-refractivity contribution < 1.29 is 9.90 Å². The number of thioether (sulfide) groups is 1. The highest BCUT2D eigenvalue weighted by molar-refractivity contribution is 7.97. The second-order valence-corrected chi connectivity index (χ2v) is 6.22. The number of carboxylic acids is 1. The van der Waals surface area contributed by atoms with Gasteiger partial charge in [0.05, 0.1) is 9.90 Å². The second kappa shape index (κ2) is 6.27. The Kier molecular flexibility index (Phi) is 4.69. The quantitative estimate of drug-likeness (QED) is 0.881. The van der Waals surface area contributed by atoms with Gasteiger partial charge in [0.1, 0.15) is 0 Å². The van der Waals surface area contributed by atoms with Crippen molar-refractivity contribution in [2.24, 2.45) is 0 Å². The first-order chi connectivity index (χ1) is 8.66. The smallest absolute Gasteiger partial charge is 0.335 e. The highest BCUT2D eigenvalue weighted by Crippen LogP contribution is 2.27. The summed E-state index contributed by atoms with van der Waals surface area (Å²) in [5.41, 5.74) is 2.61. The van der Waals surface area contributed by atoms with Crippen LogP contribution in [0.3, 0.4) is 0 Å². The summed E-state index contributed by atoms with van der Waals surface area (Å²) in [6.07, 6.45) is 0. The van der Waals surface area contributed by atoms with Gasteiger partial charge in [-0.15, -0.1) is 11.3 Å². The molecule has 0 atom stereocenters. The maximum absolute atomic E-state index is 10.7. The average molecular weight is 299 g/mol. The molecule has 0 aliphatic carbocycles. The molecular formula is C13H11ClO2S2. The zero-order valence-electron chi connectivity index (χ0n) is 9.43. The van der Waals surface area contributed by atoms with Gasteiger partial charge >= 0.3 is 5.97 Å². The van der Waals surface area contributed by atoms with Crippen LogP contribution in [0.4, 0.5) is 0 Å². The summed E-state index contributed by atoms with van der Waals surface area (Å²) in [5.74, 6) is 0.842. The van der Waals surface area contributed by atoms with E-state index in [-0.39, 0.29) is 0 Å². The van der Waals surface area contributed by atoms with Crippen molar-refractivity contribution >= 4 is 40.7 Å². The van der Waals surface area contributed by atoms with Crippen LogP contribution >= 0.6 is 34.7 Å². The molecule has 0 saturated heterocycles. The molecule has 18 heavy (non-hydrogen) atoms. The third-order valence-electron chi connectivity index (χ3n) is 2.42. The van der Waals surface area contributed by atoms with Gasteiger partial charge in [0.25, 0.3) is 0 Å². The minimum absolute atomic E-state index is 0.324. The van der Waals surface area contributed by atoms with Crippen LogP contribution in [0.1, 0.15) is 21.5 Å². The summed E-state index contributed by atoms with van der Waals surface area (Å²) >= 11 is 9.33. The molecule has 0 radical (unpaired) electrons. The largest absolute Gasteiger partial charge is 0.478 e. The normalized spacial score (nSPS) is 10.5. The molecule has 0 bridgehead atoms. The van der Waals surface area contributed by atoms with Crippen LogP contribution in [0, 0.1) is 0 Å². The van der Waals surface area contributed by atoms with Crippen LogP contribution in [0.25, 0.3) is 0 Å². The van der Waals surface area contributed by atoms with E-state index in [1.54, 1.807) is 35.2 Å². The summed E-state index contributed by atoms with van der Waals surface area (Å²) < 4.78 is 0.851. The predicted molar refractivity (Wildman–Crippen MR) is 77.7 cm³/mol. The number of halogens is 1. The molecule has 0 amide bonds. The van der Waals surface area contributed by atoms with Crippen molar-refractivity contribution in [3.8, 4) is 0 Å². The molecular weight excluding hydrogens is 288 g/mol. The molecule has 0 aliphatic rings. The highest BCUT2D eigenvalue weighted by Gasteiger charge is 2.03. The molecule has 0 unspecified atom stereocenters. The van der Waals surface area contributed by atoms with Crippen molar-refractivity contribution in [2.45, 2.75) is 11.5 Å². The Balaban J connectivity index is 1.87. The molecule has 2 aromatic rings. The zero-order chi connectivity index (χ0) is 13.0. The number of rotatable bonds is 5. The summed E-state index contributed by atoms with van der Waals surface area (Å²) in [4.78, 5) is 10.7. The van der Waals surface area contributed by atoms with Gasteiger partial charge in [-0.2, -0.15) is 11.8 Å². The lowest BCUT2D eigenvalue weighted by Crippen LogP contribution is -1.95. The Hall–Kier alpha value is -0.970. The minimum Gasteiger partial charge on any atom is -0.478 e. The first kappa shape index (κ1) is 13.5.